The fourth-order valence-corrected chi connectivity index (χ4v) is 3.36. The molecule has 134 valence electrons. The van der Waals surface area contributed by atoms with E-state index in [0.29, 0.717) is 36.6 Å². The van der Waals surface area contributed by atoms with Gasteiger partial charge >= 0.3 is 0 Å². The normalized spacial score (nSPS) is 17.5. The molecule has 0 saturated carbocycles. The summed E-state index contributed by atoms with van der Waals surface area (Å²) in [6.07, 6.45) is 7.04. The van der Waals surface area contributed by atoms with E-state index in [-0.39, 0.29) is 17.2 Å². The number of ether oxygens (including phenoxy) is 1. The van der Waals surface area contributed by atoms with Crippen LogP contribution in [0.15, 0.2) is 29.8 Å². The van der Waals surface area contributed by atoms with Gasteiger partial charge in [0.15, 0.2) is 0 Å². The van der Waals surface area contributed by atoms with Crippen LogP contribution in [-0.4, -0.2) is 31.5 Å². The molecule has 0 radical (unpaired) electrons. The van der Waals surface area contributed by atoms with Crippen LogP contribution in [0, 0.1) is 5.41 Å². The lowest BCUT2D eigenvalue weighted by molar-refractivity contribution is 0.0941. The van der Waals surface area contributed by atoms with Crippen molar-refractivity contribution in [3.63, 3.8) is 0 Å². The molecule has 0 bridgehead atoms. The van der Waals surface area contributed by atoms with Gasteiger partial charge in [-0.15, -0.1) is 0 Å². The Morgan fingerprint density at radius 3 is 2.92 bits per heavy atom. The first kappa shape index (κ1) is 17.5. The van der Waals surface area contributed by atoms with E-state index in [1.54, 1.807) is 18.2 Å². The molecular formula is C20H26N2O3. The zero-order chi connectivity index (χ0) is 17.9. The maximum absolute atomic E-state index is 12.5. The Morgan fingerprint density at radius 2 is 2.16 bits per heavy atom. The maximum atomic E-state index is 12.5. The van der Waals surface area contributed by atoms with E-state index in [2.05, 4.69) is 30.6 Å². The van der Waals surface area contributed by atoms with Gasteiger partial charge in [-0.3, -0.25) is 9.59 Å². The summed E-state index contributed by atoms with van der Waals surface area (Å²) in [6.45, 7) is 5.83. The second kappa shape index (κ2) is 7.30. The Hall–Kier alpha value is -2.30. The standard InChI is InChI=1S/C20H26N2O3/c1-20(2,15-6-4-3-5-7-15)13-22-18(23)14-8-9-17-16(12-14)19(24)21-10-11-25-17/h6,8-9,12H,3-5,7,10-11,13H2,1-2H3,(H,21,24)(H,22,23). The molecular weight excluding hydrogens is 316 g/mol. The zero-order valence-corrected chi connectivity index (χ0v) is 15.0. The smallest absolute Gasteiger partial charge is 0.255 e. The Morgan fingerprint density at radius 1 is 1.32 bits per heavy atom. The van der Waals surface area contributed by atoms with Crippen molar-refractivity contribution in [3.05, 3.63) is 41.0 Å². The van der Waals surface area contributed by atoms with Gasteiger partial charge in [-0.2, -0.15) is 0 Å². The molecule has 0 spiro atoms. The molecule has 2 amide bonds. The molecule has 2 N–H and O–H groups in total. The third-order valence-electron chi connectivity index (χ3n) is 4.98. The molecule has 0 fully saturated rings. The van der Waals surface area contributed by atoms with Crippen LogP contribution in [-0.2, 0) is 0 Å². The molecule has 1 aromatic carbocycles. The molecule has 0 saturated heterocycles. The number of carbonyl (C=O) groups excluding carboxylic acids is 2. The fourth-order valence-electron chi connectivity index (χ4n) is 3.36. The molecule has 2 aliphatic rings. The van der Waals surface area contributed by atoms with Gasteiger partial charge in [0.25, 0.3) is 11.8 Å². The minimum absolute atomic E-state index is 0.0533. The molecule has 25 heavy (non-hydrogen) atoms. The fraction of sp³-hybridized carbons (Fsp3) is 0.500. The number of rotatable bonds is 4. The van der Waals surface area contributed by atoms with Crippen LogP contribution < -0.4 is 15.4 Å². The van der Waals surface area contributed by atoms with Gasteiger partial charge in [0.2, 0.25) is 0 Å². The van der Waals surface area contributed by atoms with Crippen molar-refractivity contribution in [2.24, 2.45) is 5.41 Å². The van der Waals surface area contributed by atoms with Gasteiger partial charge in [-0.25, -0.2) is 0 Å². The average Bonchev–Trinajstić information content (AvgIpc) is 2.82. The second-order valence-corrected chi connectivity index (χ2v) is 7.36. The van der Waals surface area contributed by atoms with Crippen LogP contribution in [0.1, 0.15) is 60.2 Å². The summed E-state index contributed by atoms with van der Waals surface area (Å²) in [5.74, 6) is 0.165. The molecule has 1 aromatic rings. The minimum Gasteiger partial charge on any atom is -0.491 e. The van der Waals surface area contributed by atoms with Gasteiger partial charge in [-0.05, 0) is 43.9 Å². The van der Waals surface area contributed by atoms with E-state index in [1.807, 2.05) is 0 Å². The monoisotopic (exact) mass is 342 g/mol. The topological polar surface area (TPSA) is 67.4 Å². The van der Waals surface area contributed by atoms with E-state index in [9.17, 15) is 9.59 Å². The highest BCUT2D eigenvalue weighted by Crippen LogP contribution is 2.33. The van der Waals surface area contributed by atoms with Crippen LogP contribution >= 0.6 is 0 Å². The maximum Gasteiger partial charge on any atom is 0.255 e. The van der Waals surface area contributed by atoms with E-state index >= 15 is 0 Å². The molecule has 1 aliphatic carbocycles. The van der Waals surface area contributed by atoms with Crippen LogP contribution in [0.3, 0.4) is 0 Å². The van der Waals surface area contributed by atoms with Crippen LogP contribution in [0.5, 0.6) is 5.75 Å². The molecule has 0 aromatic heterocycles. The predicted molar refractivity (Wildman–Crippen MR) is 96.9 cm³/mol. The largest absolute Gasteiger partial charge is 0.491 e. The molecule has 5 nitrogen and oxygen atoms in total. The summed E-state index contributed by atoms with van der Waals surface area (Å²) in [5, 5.41) is 5.78. The summed E-state index contributed by atoms with van der Waals surface area (Å²) < 4.78 is 5.52. The average molecular weight is 342 g/mol. The summed E-state index contributed by atoms with van der Waals surface area (Å²) in [5.41, 5.74) is 2.27. The molecule has 1 aliphatic heterocycles. The highest BCUT2D eigenvalue weighted by molar-refractivity contribution is 6.01. The van der Waals surface area contributed by atoms with Crippen molar-refractivity contribution in [3.8, 4) is 5.75 Å². The number of allylic oxidation sites excluding steroid dienone is 1. The van der Waals surface area contributed by atoms with E-state index in [1.165, 1.54) is 18.4 Å². The van der Waals surface area contributed by atoms with E-state index < -0.39 is 0 Å². The Bertz CT molecular complexity index is 707. The van der Waals surface area contributed by atoms with Gasteiger partial charge in [0.05, 0.1) is 12.1 Å². The first-order valence-corrected chi connectivity index (χ1v) is 9.00. The lowest BCUT2D eigenvalue weighted by Gasteiger charge is -2.30. The van der Waals surface area contributed by atoms with Crippen molar-refractivity contribution in [2.45, 2.75) is 39.5 Å². The van der Waals surface area contributed by atoms with Crippen LogP contribution in [0.25, 0.3) is 0 Å². The van der Waals surface area contributed by atoms with Gasteiger partial charge in [-0.1, -0.05) is 25.5 Å². The van der Waals surface area contributed by atoms with Crippen molar-refractivity contribution in [1.29, 1.82) is 0 Å². The molecule has 1 heterocycles. The van der Waals surface area contributed by atoms with Gasteiger partial charge in [0.1, 0.15) is 12.4 Å². The third kappa shape index (κ3) is 4.03. The third-order valence-corrected chi connectivity index (χ3v) is 4.98. The number of fused-ring (bicyclic) bond motifs is 1. The van der Waals surface area contributed by atoms with E-state index in [0.717, 1.165) is 12.8 Å². The molecule has 0 unspecified atom stereocenters. The Labute approximate surface area is 148 Å². The van der Waals surface area contributed by atoms with Crippen LogP contribution in [0.4, 0.5) is 0 Å². The lowest BCUT2D eigenvalue weighted by Crippen LogP contribution is -2.35. The molecule has 3 rings (SSSR count). The second-order valence-electron chi connectivity index (χ2n) is 7.36. The number of carbonyl (C=O) groups is 2. The van der Waals surface area contributed by atoms with Crippen molar-refractivity contribution < 1.29 is 14.3 Å². The first-order valence-electron chi connectivity index (χ1n) is 9.00. The van der Waals surface area contributed by atoms with Crippen LogP contribution in [0.2, 0.25) is 0 Å². The summed E-state index contributed by atoms with van der Waals surface area (Å²) in [6, 6.07) is 5.02. The Balaban J connectivity index is 1.69. The van der Waals surface area contributed by atoms with Crippen molar-refractivity contribution in [2.75, 3.05) is 19.7 Å². The molecule has 0 atom stereocenters. The molecule has 5 heteroatoms. The number of benzene rings is 1. The lowest BCUT2D eigenvalue weighted by atomic mass is 9.78. The number of amides is 2. The van der Waals surface area contributed by atoms with Crippen molar-refractivity contribution in [1.82, 2.24) is 10.6 Å². The van der Waals surface area contributed by atoms with Gasteiger partial charge in [0, 0.05) is 17.5 Å². The van der Waals surface area contributed by atoms with Crippen molar-refractivity contribution >= 4 is 11.8 Å². The van der Waals surface area contributed by atoms with Gasteiger partial charge < -0.3 is 15.4 Å². The quantitative estimate of drug-likeness (QED) is 0.827. The Kier molecular flexibility index (Phi) is 5.11. The summed E-state index contributed by atoms with van der Waals surface area (Å²) in [7, 11) is 0. The number of hydrogen-bond acceptors (Lipinski definition) is 3. The summed E-state index contributed by atoms with van der Waals surface area (Å²) >= 11 is 0. The number of nitrogens with one attached hydrogen (secondary N) is 2. The highest BCUT2D eigenvalue weighted by Gasteiger charge is 2.25. The number of hydrogen-bond donors (Lipinski definition) is 2. The minimum atomic E-state index is -0.199. The zero-order valence-electron chi connectivity index (χ0n) is 15.0. The van der Waals surface area contributed by atoms with E-state index in [4.69, 9.17) is 4.74 Å². The highest BCUT2D eigenvalue weighted by atomic mass is 16.5. The predicted octanol–water partition coefficient (Wildman–Crippen LogP) is 3.07. The first-order chi connectivity index (χ1) is 12.0. The summed E-state index contributed by atoms with van der Waals surface area (Å²) in [4.78, 5) is 24.6. The SMILES string of the molecule is CC(C)(CNC(=O)c1ccc2c(c1)C(=O)NCCO2)C1=CCCCC1.